The topological polar surface area (TPSA) is 29.5 Å². The fraction of sp³-hybridized carbons (Fsp3) is 0.500. The smallest absolute Gasteiger partial charge is 0.119 e. The van der Waals surface area contributed by atoms with Crippen LogP contribution in [0.25, 0.3) is 0 Å². The first-order chi connectivity index (χ1) is 8.76. The molecule has 0 amide bonds. The lowest BCUT2D eigenvalue weighted by Gasteiger charge is -2.02. The largest absolute Gasteiger partial charge is 0.494 e. The van der Waals surface area contributed by atoms with E-state index in [1.807, 2.05) is 31.2 Å². The highest BCUT2D eigenvalue weighted by molar-refractivity contribution is 5.38. The lowest BCUT2D eigenvalue weighted by molar-refractivity contribution is 0.217. The van der Waals surface area contributed by atoms with Crippen LogP contribution in [-0.2, 0) is 0 Å². The lowest BCUT2D eigenvalue weighted by atomic mass is 10.1. The zero-order valence-corrected chi connectivity index (χ0v) is 11.3. The molecule has 0 saturated heterocycles. The summed E-state index contributed by atoms with van der Waals surface area (Å²) in [6.45, 7) is 4.78. The Morgan fingerprint density at radius 2 is 1.89 bits per heavy atom. The van der Waals surface area contributed by atoms with Gasteiger partial charge in [-0.05, 0) is 44.0 Å². The molecule has 0 aliphatic carbocycles. The molecule has 0 bridgehead atoms. The fourth-order valence-electron chi connectivity index (χ4n) is 1.63. The number of hydrogen-bond donors (Lipinski definition) is 1. The maximum absolute atomic E-state index is 9.68. The molecule has 0 aliphatic heterocycles. The number of ether oxygens (including phenoxy) is 1. The highest BCUT2D eigenvalue weighted by atomic mass is 16.5. The highest BCUT2D eigenvalue weighted by Gasteiger charge is 1.98. The van der Waals surface area contributed by atoms with Crippen LogP contribution in [0.3, 0.4) is 0 Å². The van der Waals surface area contributed by atoms with Crippen LogP contribution < -0.4 is 4.74 Å². The van der Waals surface area contributed by atoms with Crippen LogP contribution in [-0.4, -0.2) is 17.8 Å². The van der Waals surface area contributed by atoms with Gasteiger partial charge in [0.1, 0.15) is 11.9 Å². The number of aliphatic hydroxyl groups is 1. The lowest BCUT2D eigenvalue weighted by Crippen LogP contribution is -2.02. The Labute approximate surface area is 110 Å². The maximum Gasteiger partial charge on any atom is 0.119 e. The first-order valence-electron chi connectivity index (χ1n) is 6.68. The minimum atomic E-state index is -0.511. The van der Waals surface area contributed by atoms with Crippen LogP contribution in [0.4, 0.5) is 0 Å². The second-order valence-electron chi connectivity index (χ2n) is 4.24. The Morgan fingerprint density at radius 1 is 1.17 bits per heavy atom. The molecule has 0 aromatic heterocycles. The van der Waals surface area contributed by atoms with Gasteiger partial charge in [0.15, 0.2) is 0 Å². The molecule has 1 aromatic rings. The Kier molecular flexibility index (Phi) is 6.98. The fourth-order valence-corrected chi connectivity index (χ4v) is 1.63. The van der Waals surface area contributed by atoms with Crippen molar-refractivity contribution in [2.24, 2.45) is 0 Å². The molecule has 1 unspecified atom stereocenters. The van der Waals surface area contributed by atoms with Crippen LogP contribution in [0.5, 0.6) is 5.75 Å². The first-order valence-corrected chi connectivity index (χ1v) is 6.68. The molecular weight excluding hydrogens is 224 g/mol. The Hall–Kier alpha value is -1.46. The van der Waals surface area contributed by atoms with Crippen molar-refractivity contribution in [3.05, 3.63) is 29.8 Å². The minimum absolute atomic E-state index is 0.511. The van der Waals surface area contributed by atoms with E-state index in [1.54, 1.807) is 0 Å². The molecule has 2 heteroatoms. The third-order valence-corrected chi connectivity index (χ3v) is 2.63. The van der Waals surface area contributed by atoms with E-state index in [0.29, 0.717) is 6.61 Å². The van der Waals surface area contributed by atoms with E-state index in [9.17, 15) is 5.11 Å². The SMILES string of the molecule is CCCCCC(O)C#Cc1ccc(OCC)cc1. The van der Waals surface area contributed by atoms with Crippen LogP contribution >= 0.6 is 0 Å². The molecule has 0 aliphatic rings. The second-order valence-corrected chi connectivity index (χ2v) is 4.24. The second kappa shape index (κ2) is 8.60. The molecule has 0 fully saturated rings. The van der Waals surface area contributed by atoms with Crippen molar-refractivity contribution in [3.63, 3.8) is 0 Å². The highest BCUT2D eigenvalue weighted by Crippen LogP contribution is 2.11. The van der Waals surface area contributed by atoms with Gasteiger partial charge in [-0.15, -0.1) is 0 Å². The van der Waals surface area contributed by atoms with E-state index in [-0.39, 0.29) is 0 Å². The van der Waals surface area contributed by atoms with Crippen LogP contribution in [0.2, 0.25) is 0 Å². The van der Waals surface area contributed by atoms with E-state index in [0.717, 1.165) is 30.6 Å². The molecule has 0 spiro atoms. The summed E-state index contributed by atoms with van der Waals surface area (Å²) in [5, 5.41) is 9.68. The molecule has 1 atom stereocenters. The summed E-state index contributed by atoms with van der Waals surface area (Å²) in [6.07, 6.45) is 3.61. The predicted molar refractivity (Wildman–Crippen MR) is 74.6 cm³/mol. The molecule has 2 nitrogen and oxygen atoms in total. The van der Waals surface area contributed by atoms with Crippen LogP contribution in [0.15, 0.2) is 24.3 Å². The molecule has 98 valence electrons. The van der Waals surface area contributed by atoms with Crippen molar-refractivity contribution in [1.82, 2.24) is 0 Å². The van der Waals surface area contributed by atoms with E-state index in [2.05, 4.69) is 18.8 Å². The molecule has 18 heavy (non-hydrogen) atoms. The van der Waals surface area contributed by atoms with Gasteiger partial charge in [-0.25, -0.2) is 0 Å². The zero-order chi connectivity index (χ0) is 13.2. The monoisotopic (exact) mass is 246 g/mol. The minimum Gasteiger partial charge on any atom is -0.494 e. The summed E-state index contributed by atoms with van der Waals surface area (Å²) in [6, 6.07) is 7.63. The number of benzene rings is 1. The van der Waals surface area contributed by atoms with Gasteiger partial charge in [-0.2, -0.15) is 0 Å². The molecule has 0 radical (unpaired) electrons. The molecule has 0 saturated carbocycles. The molecular formula is C16H22O2. The predicted octanol–water partition coefficient (Wildman–Crippen LogP) is 3.38. The average Bonchev–Trinajstić information content (AvgIpc) is 2.39. The van der Waals surface area contributed by atoms with Gasteiger partial charge in [0.05, 0.1) is 6.61 Å². The van der Waals surface area contributed by atoms with Crippen molar-refractivity contribution >= 4 is 0 Å². The Morgan fingerprint density at radius 3 is 2.50 bits per heavy atom. The van der Waals surface area contributed by atoms with Crippen molar-refractivity contribution in [2.75, 3.05) is 6.61 Å². The summed E-state index contributed by atoms with van der Waals surface area (Å²) in [5.41, 5.74) is 0.910. The van der Waals surface area contributed by atoms with E-state index in [1.165, 1.54) is 6.42 Å². The average molecular weight is 246 g/mol. The summed E-state index contributed by atoms with van der Waals surface area (Å²) >= 11 is 0. The van der Waals surface area contributed by atoms with Crippen molar-refractivity contribution < 1.29 is 9.84 Å². The Bertz CT molecular complexity index is 384. The van der Waals surface area contributed by atoms with Gasteiger partial charge < -0.3 is 9.84 Å². The number of rotatable bonds is 6. The van der Waals surface area contributed by atoms with E-state index >= 15 is 0 Å². The van der Waals surface area contributed by atoms with E-state index in [4.69, 9.17) is 4.74 Å². The summed E-state index contributed by atoms with van der Waals surface area (Å²) < 4.78 is 5.35. The van der Waals surface area contributed by atoms with Crippen LogP contribution in [0.1, 0.15) is 45.1 Å². The summed E-state index contributed by atoms with van der Waals surface area (Å²) in [7, 11) is 0. The number of aliphatic hydroxyl groups excluding tert-OH is 1. The zero-order valence-electron chi connectivity index (χ0n) is 11.3. The van der Waals surface area contributed by atoms with Gasteiger partial charge in [-0.1, -0.05) is 31.6 Å². The maximum atomic E-state index is 9.68. The van der Waals surface area contributed by atoms with Gasteiger partial charge in [0.25, 0.3) is 0 Å². The van der Waals surface area contributed by atoms with Gasteiger partial charge >= 0.3 is 0 Å². The van der Waals surface area contributed by atoms with Crippen molar-refractivity contribution in [2.45, 2.75) is 45.6 Å². The third kappa shape index (κ3) is 5.75. The molecule has 1 aromatic carbocycles. The van der Waals surface area contributed by atoms with E-state index < -0.39 is 6.10 Å². The number of unbranched alkanes of at least 4 members (excludes halogenated alkanes) is 2. The summed E-state index contributed by atoms with van der Waals surface area (Å²) in [5.74, 6) is 6.71. The van der Waals surface area contributed by atoms with Crippen molar-refractivity contribution in [1.29, 1.82) is 0 Å². The van der Waals surface area contributed by atoms with Gasteiger partial charge in [-0.3, -0.25) is 0 Å². The van der Waals surface area contributed by atoms with Crippen LogP contribution in [0, 0.1) is 11.8 Å². The van der Waals surface area contributed by atoms with Gasteiger partial charge in [0.2, 0.25) is 0 Å². The van der Waals surface area contributed by atoms with Crippen molar-refractivity contribution in [3.8, 4) is 17.6 Å². The molecule has 0 heterocycles. The third-order valence-electron chi connectivity index (χ3n) is 2.63. The summed E-state index contributed by atoms with van der Waals surface area (Å²) in [4.78, 5) is 0. The number of hydrogen-bond acceptors (Lipinski definition) is 2. The Balaban J connectivity index is 2.46. The van der Waals surface area contributed by atoms with Gasteiger partial charge in [0, 0.05) is 5.56 Å². The normalized spacial score (nSPS) is 11.5. The standard InChI is InChI=1S/C16H22O2/c1-3-5-6-7-15(17)11-8-14-9-12-16(13-10-14)18-4-2/h9-10,12-13,15,17H,3-7H2,1-2H3. The quantitative estimate of drug-likeness (QED) is 0.616. The first kappa shape index (κ1) is 14.6. The molecule has 1 rings (SSSR count). The molecule has 1 N–H and O–H groups in total.